The molecule has 2 rings (SSSR count). The van der Waals surface area contributed by atoms with Crippen LogP contribution in [0.15, 0.2) is 30.7 Å². The van der Waals surface area contributed by atoms with E-state index in [1.807, 2.05) is 25.4 Å². The van der Waals surface area contributed by atoms with Gasteiger partial charge in [0, 0.05) is 43.3 Å². The smallest absolute Gasteiger partial charge is 0.0969 e. The molecule has 2 N–H and O–H groups in total. The van der Waals surface area contributed by atoms with Crippen LogP contribution in [0.4, 0.5) is 0 Å². The SMILES string of the molecule is Cn1cc(CN)c(-c2ccncc2)n1. The number of pyridine rings is 1. The lowest BCUT2D eigenvalue weighted by Gasteiger charge is -1.97. The van der Waals surface area contributed by atoms with Gasteiger partial charge in [-0.1, -0.05) is 0 Å². The summed E-state index contributed by atoms with van der Waals surface area (Å²) >= 11 is 0. The highest BCUT2D eigenvalue weighted by Crippen LogP contribution is 2.20. The molecule has 0 saturated carbocycles. The summed E-state index contributed by atoms with van der Waals surface area (Å²) in [5, 5.41) is 4.36. The summed E-state index contributed by atoms with van der Waals surface area (Å²) in [5.41, 5.74) is 8.69. The Morgan fingerprint density at radius 2 is 2.07 bits per heavy atom. The summed E-state index contributed by atoms with van der Waals surface area (Å²) in [5.74, 6) is 0. The Labute approximate surface area is 82.4 Å². The number of hydrogen-bond donors (Lipinski definition) is 1. The first-order chi connectivity index (χ1) is 6.81. The van der Waals surface area contributed by atoms with E-state index in [1.165, 1.54) is 0 Å². The first-order valence-corrected chi connectivity index (χ1v) is 4.44. The molecule has 2 aromatic heterocycles. The van der Waals surface area contributed by atoms with Gasteiger partial charge in [0.2, 0.25) is 0 Å². The highest BCUT2D eigenvalue weighted by atomic mass is 15.3. The lowest BCUT2D eigenvalue weighted by atomic mass is 10.1. The monoisotopic (exact) mass is 188 g/mol. The van der Waals surface area contributed by atoms with Crippen LogP contribution < -0.4 is 5.73 Å². The molecule has 0 bridgehead atoms. The molecule has 0 saturated heterocycles. The van der Waals surface area contributed by atoms with Gasteiger partial charge < -0.3 is 5.73 Å². The van der Waals surface area contributed by atoms with E-state index >= 15 is 0 Å². The maximum Gasteiger partial charge on any atom is 0.0969 e. The summed E-state index contributed by atoms with van der Waals surface area (Å²) in [6.07, 6.45) is 5.45. The highest BCUT2D eigenvalue weighted by Gasteiger charge is 2.07. The van der Waals surface area contributed by atoms with Crippen molar-refractivity contribution in [2.45, 2.75) is 6.54 Å². The molecule has 4 heteroatoms. The van der Waals surface area contributed by atoms with Crippen molar-refractivity contribution in [3.05, 3.63) is 36.3 Å². The fraction of sp³-hybridized carbons (Fsp3) is 0.200. The molecule has 0 aromatic carbocycles. The fourth-order valence-electron chi connectivity index (χ4n) is 1.44. The van der Waals surface area contributed by atoms with Crippen molar-refractivity contribution in [2.24, 2.45) is 12.8 Å². The van der Waals surface area contributed by atoms with Gasteiger partial charge in [-0.25, -0.2) is 0 Å². The van der Waals surface area contributed by atoms with E-state index in [0.29, 0.717) is 6.54 Å². The standard InChI is InChI=1S/C10H12N4/c1-14-7-9(6-11)10(13-14)8-2-4-12-5-3-8/h2-5,7H,6,11H2,1H3. The van der Waals surface area contributed by atoms with Gasteiger partial charge in [-0.05, 0) is 12.1 Å². The summed E-state index contributed by atoms with van der Waals surface area (Å²) in [6.45, 7) is 0.505. The molecule has 72 valence electrons. The molecule has 0 aliphatic carbocycles. The molecule has 4 nitrogen and oxygen atoms in total. The van der Waals surface area contributed by atoms with Crippen LogP contribution in [0.1, 0.15) is 5.56 Å². The molecule has 2 aromatic rings. The number of aromatic nitrogens is 3. The largest absolute Gasteiger partial charge is 0.326 e. The predicted molar refractivity (Wildman–Crippen MR) is 54.3 cm³/mol. The topological polar surface area (TPSA) is 56.7 Å². The minimum Gasteiger partial charge on any atom is -0.326 e. The Kier molecular flexibility index (Phi) is 2.28. The number of aryl methyl sites for hydroxylation is 1. The molecule has 0 aliphatic rings. The second kappa shape index (κ2) is 3.59. The Morgan fingerprint density at radius 1 is 1.36 bits per heavy atom. The number of nitrogens with two attached hydrogens (primary N) is 1. The van der Waals surface area contributed by atoms with Gasteiger partial charge in [0.15, 0.2) is 0 Å². The van der Waals surface area contributed by atoms with E-state index in [9.17, 15) is 0 Å². The normalized spacial score (nSPS) is 10.4. The lowest BCUT2D eigenvalue weighted by Crippen LogP contribution is -1.96. The van der Waals surface area contributed by atoms with Crippen LogP contribution in [-0.2, 0) is 13.6 Å². The fourth-order valence-corrected chi connectivity index (χ4v) is 1.44. The molecule has 0 spiro atoms. The van der Waals surface area contributed by atoms with Crippen molar-refractivity contribution in [3.8, 4) is 11.3 Å². The van der Waals surface area contributed by atoms with Gasteiger partial charge in [0.1, 0.15) is 0 Å². The Bertz CT molecular complexity index is 419. The van der Waals surface area contributed by atoms with E-state index in [0.717, 1.165) is 16.8 Å². The van der Waals surface area contributed by atoms with E-state index in [1.54, 1.807) is 17.1 Å². The Hall–Kier alpha value is -1.68. The third-order valence-electron chi connectivity index (χ3n) is 2.08. The molecule has 0 radical (unpaired) electrons. The average Bonchev–Trinajstić information content (AvgIpc) is 2.61. The first-order valence-electron chi connectivity index (χ1n) is 4.44. The predicted octanol–water partition coefficient (Wildman–Crippen LogP) is 0.941. The van der Waals surface area contributed by atoms with Crippen molar-refractivity contribution in [3.63, 3.8) is 0 Å². The van der Waals surface area contributed by atoms with Gasteiger partial charge in [-0.15, -0.1) is 0 Å². The van der Waals surface area contributed by atoms with E-state index in [2.05, 4.69) is 10.1 Å². The van der Waals surface area contributed by atoms with Crippen molar-refractivity contribution in [1.29, 1.82) is 0 Å². The maximum atomic E-state index is 5.63. The number of rotatable bonds is 2. The van der Waals surface area contributed by atoms with Crippen molar-refractivity contribution in [2.75, 3.05) is 0 Å². The van der Waals surface area contributed by atoms with Crippen LogP contribution in [0.25, 0.3) is 11.3 Å². The second-order valence-corrected chi connectivity index (χ2v) is 3.12. The summed E-state index contributed by atoms with van der Waals surface area (Å²) in [4.78, 5) is 3.97. The lowest BCUT2D eigenvalue weighted by molar-refractivity contribution is 0.769. The van der Waals surface area contributed by atoms with Gasteiger partial charge in [-0.3, -0.25) is 9.67 Å². The average molecular weight is 188 g/mol. The molecular weight excluding hydrogens is 176 g/mol. The number of nitrogens with zero attached hydrogens (tertiary/aromatic N) is 3. The molecule has 0 amide bonds. The summed E-state index contributed by atoms with van der Waals surface area (Å²) in [7, 11) is 1.89. The zero-order valence-corrected chi connectivity index (χ0v) is 8.01. The van der Waals surface area contributed by atoms with Crippen LogP contribution in [0, 0.1) is 0 Å². The molecular formula is C10H12N4. The van der Waals surface area contributed by atoms with Crippen LogP contribution >= 0.6 is 0 Å². The molecule has 14 heavy (non-hydrogen) atoms. The summed E-state index contributed by atoms with van der Waals surface area (Å²) in [6, 6.07) is 3.86. The second-order valence-electron chi connectivity index (χ2n) is 3.12. The van der Waals surface area contributed by atoms with Gasteiger partial charge in [0.25, 0.3) is 0 Å². The zero-order valence-electron chi connectivity index (χ0n) is 8.01. The van der Waals surface area contributed by atoms with Crippen LogP contribution in [-0.4, -0.2) is 14.8 Å². The van der Waals surface area contributed by atoms with Crippen molar-refractivity contribution in [1.82, 2.24) is 14.8 Å². The first kappa shape index (κ1) is 8.90. The van der Waals surface area contributed by atoms with E-state index < -0.39 is 0 Å². The van der Waals surface area contributed by atoms with E-state index in [-0.39, 0.29) is 0 Å². The third kappa shape index (κ3) is 1.52. The molecule has 0 atom stereocenters. The van der Waals surface area contributed by atoms with Crippen LogP contribution in [0.3, 0.4) is 0 Å². The number of hydrogen-bond acceptors (Lipinski definition) is 3. The van der Waals surface area contributed by atoms with Crippen molar-refractivity contribution >= 4 is 0 Å². The van der Waals surface area contributed by atoms with Crippen LogP contribution in [0.5, 0.6) is 0 Å². The van der Waals surface area contributed by atoms with E-state index in [4.69, 9.17) is 5.73 Å². The third-order valence-corrected chi connectivity index (χ3v) is 2.08. The molecule has 0 unspecified atom stereocenters. The highest BCUT2D eigenvalue weighted by molar-refractivity contribution is 5.61. The van der Waals surface area contributed by atoms with Crippen LogP contribution in [0.2, 0.25) is 0 Å². The zero-order chi connectivity index (χ0) is 9.97. The molecule has 2 heterocycles. The Balaban J connectivity index is 2.51. The molecule has 0 fully saturated rings. The summed E-state index contributed by atoms with van der Waals surface area (Å²) < 4.78 is 1.78. The van der Waals surface area contributed by atoms with Gasteiger partial charge in [-0.2, -0.15) is 5.10 Å². The minimum absolute atomic E-state index is 0.505. The van der Waals surface area contributed by atoms with Gasteiger partial charge in [0.05, 0.1) is 5.69 Å². The maximum absolute atomic E-state index is 5.63. The minimum atomic E-state index is 0.505. The molecule has 0 aliphatic heterocycles. The van der Waals surface area contributed by atoms with Crippen molar-refractivity contribution < 1.29 is 0 Å². The Morgan fingerprint density at radius 3 is 2.71 bits per heavy atom. The van der Waals surface area contributed by atoms with Gasteiger partial charge >= 0.3 is 0 Å². The quantitative estimate of drug-likeness (QED) is 0.763.